The molecule has 0 aliphatic rings. The normalized spacial score (nSPS) is 10.7. The van der Waals surface area contributed by atoms with Gasteiger partial charge in [0.25, 0.3) is 0 Å². The summed E-state index contributed by atoms with van der Waals surface area (Å²) in [4.78, 5) is 0. The minimum Gasteiger partial charge on any atom is -0.496 e. The molecule has 5 nitrogen and oxygen atoms in total. The third-order valence-electron chi connectivity index (χ3n) is 3.07. The summed E-state index contributed by atoms with van der Waals surface area (Å²) in [5.74, 6) is 1.18. The van der Waals surface area contributed by atoms with Crippen molar-refractivity contribution in [2.24, 2.45) is 0 Å². The van der Waals surface area contributed by atoms with E-state index in [1.807, 2.05) is 6.07 Å². The van der Waals surface area contributed by atoms with E-state index in [2.05, 4.69) is 6.58 Å². The van der Waals surface area contributed by atoms with E-state index < -0.39 is 6.29 Å². The van der Waals surface area contributed by atoms with Crippen LogP contribution in [0.2, 0.25) is 0 Å². The third-order valence-corrected chi connectivity index (χ3v) is 3.07. The van der Waals surface area contributed by atoms with Crippen molar-refractivity contribution in [2.45, 2.75) is 19.3 Å². The van der Waals surface area contributed by atoms with Crippen LogP contribution < -0.4 is 9.47 Å². The van der Waals surface area contributed by atoms with E-state index >= 15 is 0 Å². The Morgan fingerprint density at radius 2 is 1.85 bits per heavy atom. The molecule has 0 heterocycles. The van der Waals surface area contributed by atoms with Crippen LogP contribution in [0.15, 0.2) is 18.7 Å². The molecule has 0 unspecified atom stereocenters. The minimum absolute atomic E-state index is 0.202. The highest BCUT2D eigenvalue weighted by molar-refractivity contribution is 5.55. The van der Waals surface area contributed by atoms with Gasteiger partial charge in [-0.1, -0.05) is 6.08 Å². The molecule has 112 valence electrons. The van der Waals surface area contributed by atoms with E-state index in [-0.39, 0.29) is 6.61 Å². The van der Waals surface area contributed by atoms with Gasteiger partial charge in [0, 0.05) is 25.3 Å². The molecule has 0 saturated heterocycles. The highest BCUT2D eigenvalue weighted by Gasteiger charge is 2.25. The molecule has 0 aromatic heterocycles. The first-order chi connectivity index (χ1) is 9.68. The monoisotopic (exact) mass is 282 g/mol. The number of ether oxygens (including phenoxy) is 4. The van der Waals surface area contributed by atoms with Crippen molar-refractivity contribution >= 4 is 0 Å². The highest BCUT2D eigenvalue weighted by atomic mass is 16.7. The molecule has 0 radical (unpaired) electrons. The third kappa shape index (κ3) is 3.12. The summed E-state index contributed by atoms with van der Waals surface area (Å²) in [6.45, 7) is 3.53. The van der Waals surface area contributed by atoms with Crippen LogP contribution in [0.4, 0.5) is 0 Å². The molecule has 0 bridgehead atoms. The molecule has 0 aliphatic carbocycles. The fourth-order valence-corrected chi connectivity index (χ4v) is 2.23. The summed E-state index contributed by atoms with van der Waals surface area (Å²) in [6, 6.07) is 1.83. The molecule has 1 aromatic carbocycles. The van der Waals surface area contributed by atoms with Crippen LogP contribution >= 0.6 is 0 Å². The molecular weight excluding hydrogens is 260 g/mol. The number of aliphatic hydroxyl groups is 1. The number of hydrogen-bond donors (Lipinski definition) is 1. The van der Waals surface area contributed by atoms with Gasteiger partial charge in [-0.25, -0.2) is 0 Å². The predicted octanol–water partition coefficient (Wildman–Crippen LogP) is 2.22. The van der Waals surface area contributed by atoms with Gasteiger partial charge in [0.05, 0.1) is 26.4 Å². The van der Waals surface area contributed by atoms with Gasteiger partial charge >= 0.3 is 0 Å². The van der Waals surface area contributed by atoms with Crippen molar-refractivity contribution in [2.75, 3.05) is 28.4 Å². The van der Waals surface area contributed by atoms with E-state index in [1.165, 1.54) is 14.2 Å². The molecule has 1 N–H and O–H groups in total. The molecule has 1 rings (SSSR count). The zero-order chi connectivity index (χ0) is 15.1. The standard InChI is InChI=1S/C15H22O5/c1-6-7-10-8-12(17-2)11(9-16)13(14(10)18-3)15(19-4)20-5/h6,8,15-16H,1,7,9H2,2-5H3. The van der Waals surface area contributed by atoms with Crippen molar-refractivity contribution < 1.29 is 24.1 Å². The minimum atomic E-state index is -0.647. The molecule has 0 saturated carbocycles. The van der Waals surface area contributed by atoms with Crippen LogP contribution in [-0.4, -0.2) is 33.5 Å². The maximum absolute atomic E-state index is 9.64. The summed E-state index contributed by atoms with van der Waals surface area (Å²) in [7, 11) is 6.18. The van der Waals surface area contributed by atoms with Crippen LogP contribution in [-0.2, 0) is 22.5 Å². The summed E-state index contributed by atoms with van der Waals surface area (Å²) < 4.78 is 21.4. The van der Waals surface area contributed by atoms with E-state index in [4.69, 9.17) is 18.9 Å². The topological polar surface area (TPSA) is 57.2 Å². The van der Waals surface area contributed by atoms with E-state index in [9.17, 15) is 5.11 Å². The molecule has 0 fully saturated rings. The van der Waals surface area contributed by atoms with Crippen LogP contribution in [0.1, 0.15) is 23.0 Å². The fourth-order valence-electron chi connectivity index (χ4n) is 2.23. The van der Waals surface area contributed by atoms with Crippen molar-refractivity contribution in [3.8, 4) is 11.5 Å². The van der Waals surface area contributed by atoms with Crippen molar-refractivity contribution in [1.82, 2.24) is 0 Å². The van der Waals surface area contributed by atoms with Gasteiger partial charge in [-0.3, -0.25) is 0 Å². The lowest BCUT2D eigenvalue weighted by molar-refractivity contribution is -0.108. The van der Waals surface area contributed by atoms with Gasteiger partial charge < -0.3 is 24.1 Å². The van der Waals surface area contributed by atoms with Crippen molar-refractivity contribution in [3.63, 3.8) is 0 Å². The number of methoxy groups -OCH3 is 4. The van der Waals surface area contributed by atoms with Crippen LogP contribution in [0.3, 0.4) is 0 Å². The van der Waals surface area contributed by atoms with E-state index in [0.717, 1.165) is 5.56 Å². The molecule has 20 heavy (non-hydrogen) atoms. The largest absolute Gasteiger partial charge is 0.496 e. The zero-order valence-corrected chi connectivity index (χ0v) is 12.4. The SMILES string of the molecule is C=CCc1cc(OC)c(CO)c(C(OC)OC)c1OC. The first-order valence-electron chi connectivity index (χ1n) is 6.22. The Balaban J connectivity index is 3.61. The van der Waals surface area contributed by atoms with Crippen LogP contribution in [0.25, 0.3) is 0 Å². The highest BCUT2D eigenvalue weighted by Crippen LogP contribution is 2.40. The zero-order valence-electron chi connectivity index (χ0n) is 12.4. The van der Waals surface area contributed by atoms with E-state index in [0.29, 0.717) is 29.0 Å². The van der Waals surface area contributed by atoms with Gasteiger partial charge in [-0.2, -0.15) is 0 Å². The molecule has 1 aromatic rings. The Morgan fingerprint density at radius 3 is 2.25 bits per heavy atom. The molecule has 0 aliphatic heterocycles. The second-order valence-corrected chi connectivity index (χ2v) is 4.12. The Kier molecular flexibility index (Phi) is 6.51. The van der Waals surface area contributed by atoms with Gasteiger partial charge in [0.2, 0.25) is 0 Å². The molecule has 0 atom stereocenters. The first kappa shape index (κ1) is 16.5. The maximum Gasteiger partial charge on any atom is 0.187 e. The van der Waals surface area contributed by atoms with Gasteiger partial charge in [0.15, 0.2) is 6.29 Å². The lowest BCUT2D eigenvalue weighted by Crippen LogP contribution is -2.12. The molecular formula is C15H22O5. The lowest BCUT2D eigenvalue weighted by atomic mass is 9.98. The van der Waals surface area contributed by atoms with Crippen LogP contribution in [0, 0.1) is 0 Å². The van der Waals surface area contributed by atoms with Gasteiger partial charge in [-0.15, -0.1) is 6.58 Å². The fraction of sp³-hybridized carbons (Fsp3) is 0.467. The average Bonchev–Trinajstić information content (AvgIpc) is 2.48. The van der Waals surface area contributed by atoms with Gasteiger partial charge in [0.1, 0.15) is 11.5 Å². The molecule has 5 heteroatoms. The molecule has 0 spiro atoms. The number of benzene rings is 1. The van der Waals surface area contributed by atoms with Crippen molar-refractivity contribution in [3.05, 3.63) is 35.4 Å². The number of allylic oxidation sites excluding steroid dienone is 1. The predicted molar refractivity (Wildman–Crippen MR) is 76.1 cm³/mol. The van der Waals surface area contributed by atoms with Gasteiger partial charge in [-0.05, 0) is 12.5 Å². The number of aliphatic hydroxyl groups excluding tert-OH is 1. The second kappa shape index (κ2) is 7.89. The Morgan fingerprint density at radius 1 is 1.20 bits per heavy atom. The summed E-state index contributed by atoms with van der Waals surface area (Å²) >= 11 is 0. The Labute approximate surface area is 119 Å². The summed E-state index contributed by atoms with van der Waals surface area (Å²) in [6.07, 6.45) is 1.73. The smallest absolute Gasteiger partial charge is 0.187 e. The number of rotatable bonds is 8. The summed E-state index contributed by atoms with van der Waals surface area (Å²) in [5, 5.41) is 9.64. The lowest BCUT2D eigenvalue weighted by Gasteiger charge is -2.23. The average molecular weight is 282 g/mol. The van der Waals surface area contributed by atoms with Crippen LogP contribution in [0.5, 0.6) is 11.5 Å². The number of hydrogen-bond acceptors (Lipinski definition) is 5. The maximum atomic E-state index is 9.64. The quantitative estimate of drug-likeness (QED) is 0.585. The first-order valence-corrected chi connectivity index (χ1v) is 6.22. The van der Waals surface area contributed by atoms with Crippen molar-refractivity contribution in [1.29, 1.82) is 0 Å². The molecule has 0 amide bonds. The second-order valence-electron chi connectivity index (χ2n) is 4.12. The Bertz CT molecular complexity index is 452. The van der Waals surface area contributed by atoms with E-state index in [1.54, 1.807) is 20.3 Å². The summed E-state index contributed by atoms with van der Waals surface area (Å²) in [5.41, 5.74) is 2.12. The Hall–Kier alpha value is -1.56.